The molecule has 1 N–H and O–H groups in total. The summed E-state index contributed by atoms with van der Waals surface area (Å²) in [5.41, 5.74) is 2.37. The van der Waals surface area contributed by atoms with E-state index in [0.29, 0.717) is 23.9 Å². The molecule has 1 aromatic carbocycles. The van der Waals surface area contributed by atoms with E-state index in [2.05, 4.69) is 26.0 Å². The molecule has 0 bridgehead atoms. The van der Waals surface area contributed by atoms with Gasteiger partial charge in [0.2, 0.25) is 5.91 Å². The summed E-state index contributed by atoms with van der Waals surface area (Å²) >= 11 is 0. The zero-order chi connectivity index (χ0) is 18.6. The van der Waals surface area contributed by atoms with Crippen molar-refractivity contribution >= 4 is 11.9 Å². The summed E-state index contributed by atoms with van der Waals surface area (Å²) in [6.07, 6.45) is 1.34. The molecular formula is C20H25NO4. The maximum absolute atomic E-state index is 12.4. The number of hydrogen-bond donors (Lipinski definition) is 1. The van der Waals surface area contributed by atoms with E-state index in [1.807, 2.05) is 12.1 Å². The summed E-state index contributed by atoms with van der Waals surface area (Å²) < 4.78 is 5.42. The second-order valence-corrected chi connectivity index (χ2v) is 6.83. The van der Waals surface area contributed by atoms with Gasteiger partial charge in [0.1, 0.15) is 17.1 Å². The topological polar surface area (TPSA) is 70.8 Å². The van der Waals surface area contributed by atoms with E-state index in [1.54, 1.807) is 18.9 Å². The van der Waals surface area contributed by atoms with Crippen LogP contribution in [0.25, 0.3) is 0 Å². The molecule has 0 aliphatic carbocycles. The molecule has 1 amide bonds. The summed E-state index contributed by atoms with van der Waals surface area (Å²) in [5.74, 6) is 0.360. The van der Waals surface area contributed by atoms with Crippen molar-refractivity contribution in [3.05, 3.63) is 58.5 Å². The molecule has 0 spiro atoms. The van der Waals surface area contributed by atoms with Crippen LogP contribution in [0.5, 0.6) is 0 Å². The first-order valence-electron chi connectivity index (χ1n) is 8.40. The van der Waals surface area contributed by atoms with Gasteiger partial charge in [-0.25, -0.2) is 4.79 Å². The largest absolute Gasteiger partial charge is 0.478 e. The van der Waals surface area contributed by atoms with E-state index in [-0.39, 0.29) is 18.0 Å². The Balaban J connectivity index is 1.96. The van der Waals surface area contributed by atoms with Crippen LogP contribution in [0.3, 0.4) is 0 Å². The molecule has 2 rings (SSSR count). The Labute approximate surface area is 148 Å². The highest BCUT2D eigenvalue weighted by molar-refractivity contribution is 5.88. The predicted molar refractivity (Wildman–Crippen MR) is 95.6 cm³/mol. The van der Waals surface area contributed by atoms with Crippen LogP contribution >= 0.6 is 0 Å². The van der Waals surface area contributed by atoms with Crippen molar-refractivity contribution in [2.24, 2.45) is 5.92 Å². The van der Waals surface area contributed by atoms with Crippen molar-refractivity contribution in [2.75, 3.05) is 7.05 Å². The molecule has 25 heavy (non-hydrogen) atoms. The second-order valence-electron chi connectivity index (χ2n) is 6.83. The van der Waals surface area contributed by atoms with Crippen molar-refractivity contribution in [1.29, 1.82) is 0 Å². The molecule has 0 aliphatic rings. The average Bonchev–Trinajstić information content (AvgIpc) is 2.89. The highest BCUT2D eigenvalue weighted by atomic mass is 16.4. The summed E-state index contributed by atoms with van der Waals surface area (Å²) in [4.78, 5) is 25.0. The highest BCUT2D eigenvalue weighted by Gasteiger charge is 2.17. The number of furan rings is 1. The van der Waals surface area contributed by atoms with E-state index >= 15 is 0 Å². The normalized spacial score (nSPS) is 10.9. The molecule has 0 radical (unpaired) electrons. The fourth-order valence-electron chi connectivity index (χ4n) is 2.73. The quantitative estimate of drug-likeness (QED) is 0.832. The average molecular weight is 343 g/mol. The Morgan fingerprint density at radius 2 is 1.76 bits per heavy atom. The van der Waals surface area contributed by atoms with E-state index in [1.165, 1.54) is 11.6 Å². The SMILES string of the molecule is Cc1oc(CN(C)C(=O)Cc2ccc(CC(C)C)cc2)cc1C(=O)O. The minimum Gasteiger partial charge on any atom is -0.478 e. The molecule has 0 atom stereocenters. The van der Waals surface area contributed by atoms with Crippen LogP contribution in [0.2, 0.25) is 0 Å². The van der Waals surface area contributed by atoms with Gasteiger partial charge in [-0.1, -0.05) is 38.1 Å². The molecular weight excluding hydrogens is 318 g/mol. The maximum Gasteiger partial charge on any atom is 0.339 e. The van der Waals surface area contributed by atoms with Crippen molar-refractivity contribution < 1.29 is 19.1 Å². The van der Waals surface area contributed by atoms with Crippen molar-refractivity contribution in [3.63, 3.8) is 0 Å². The number of amides is 1. The molecule has 0 aliphatic heterocycles. The first kappa shape index (κ1) is 18.8. The van der Waals surface area contributed by atoms with Crippen molar-refractivity contribution in [2.45, 2.75) is 40.2 Å². The van der Waals surface area contributed by atoms with Gasteiger partial charge in [-0.2, -0.15) is 0 Å². The van der Waals surface area contributed by atoms with Gasteiger partial charge in [0.25, 0.3) is 0 Å². The van der Waals surface area contributed by atoms with Gasteiger partial charge < -0.3 is 14.4 Å². The molecule has 1 aromatic heterocycles. The van der Waals surface area contributed by atoms with Crippen molar-refractivity contribution in [3.8, 4) is 0 Å². The number of benzene rings is 1. The fourth-order valence-corrected chi connectivity index (χ4v) is 2.73. The Bertz CT molecular complexity index is 744. The minimum atomic E-state index is -1.03. The number of aromatic carboxylic acids is 1. The highest BCUT2D eigenvalue weighted by Crippen LogP contribution is 2.17. The lowest BCUT2D eigenvalue weighted by atomic mass is 10.0. The number of carbonyl (C=O) groups excluding carboxylic acids is 1. The molecule has 134 valence electrons. The van der Waals surface area contributed by atoms with E-state index in [0.717, 1.165) is 12.0 Å². The summed E-state index contributed by atoms with van der Waals surface area (Å²) in [6, 6.07) is 9.59. The molecule has 5 nitrogen and oxygen atoms in total. The van der Waals surface area contributed by atoms with E-state index in [9.17, 15) is 9.59 Å². The Kier molecular flexibility index (Phi) is 6.02. The van der Waals surface area contributed by atoms with Crippen LogP contribution < -0.4 is 0 Å². The molecule has 1 heterocycles. The first-order chi connectivity index (χ1) is 11.8. The molecule has 0 saturated heterocycles. The van der Waals surface area contributed by atoms with Crippen LogP contribution in [0.15, 0.2) is 34.7 Å². The number of aryl methyl sites for hydroxylation is 1. The number of hydrogen-bond acceptors (Lipinski definition) is 3. The van der Waals surface area contributed by atoms with Crippen LogP contribution in [-0.2, 0) is 24.2 Å². The van der Waals surface area contributed by atoms with Gasteiger partial charge >= 0.3 is 5.97 Å². The monoisotopic (exact) mass is 343 g/mol. The van der Waals surface area contributed by atoms with Gasteiger partial charge in [0.15, 0.2) is 0 Å². The summed E-state index contributed by atoms with van der Waals surface area (Å²) in [5, 5.41) is 9.05. The standard InChI is InChI=1S/C20H25NO4/c1-13(2)9-15-5-7-16(8-6-15)10-19(22)21(4)12-17-11-18(20(23)24)14(3)25-17/h5-8,11,13H,9-10,12H2,1-4H3,(H,23,24). The second kappa shape index (κ2) is 8.01. The Hall–Kier alpha value is -2.56. The molecule has 2 aromatic rings. The lowest BCUT2D eigenvalue weighted by Gasteiger charge is -2.16. The number of rotatable bonds is 7. The lowest BCUT2D eigenvalue weighted by Crippen LogP contribution is -2.27. The Morgan fingerprint density at radius 1 is 1.16 bits per heavy atom. The van der Waals surface area contributed by atoms with E-state index < -0.39 is 5.97 Å². The first-order valence-corrected chi connectivity index (χ1v) is 8.40. The smallest absolute Gasteiger partial charge is 0.339 e. The molecule has 0 unspecified atom stereocenters. The number of carboxylic acids is 1. The van der Waals surface area contributed by atoms with E-state index in [4.69, 9.17) is 9.52 Å². The van der Waals surface area contributed by atoms with Crippen LogP contribution in [-0.4, -0.2) is 28.9 Å². The van der Waals surface area contributed by atoms with Crippen LogP contribution in [0.4, 0.5) is 0 Å². The zero-order valence-electron chi connectivity index (χ0n) is 15.2. The summed E-state index contributed by atoms with van der Waals surface area (Å²) in [7, 11) is 1.69. The van der Waals surface area contributed by atoms with Gasteiger partial charge in [-0.3, -0.25) is 4.79 Å². The van der Waals surface area contributed by atoms with Gasteiger partial charge in [0, 0.05) is 7.05 Å². The third-order valence-electron chi connectivity index (χ3n) is 4.04. The van der Waals surface area contributed by atoms with Gasteiger partial charge in [-0.05, 0) is 36.5 Å². The maximum atomic E-state index is 12.4. The van der Waals surface area contributed by atoms with Crippen molar-refractivity contribution in [1.82, 2.24) is 4.90 Å². The number of nitrogens with zero attached hydrogens (tertiary/aromatic N) is 1. The summed E-state index contributed by atoms with van der Waals surface area (Å²) in [6.45, 7) is 6.21. The zero-order valence-corrected chi connectivity index (χ0v) is 15.2. The number of carbonyl (C=O) groups is 2. The molecule has 0 saturated carbocycles. The van der Waals surface area contributed by atoms with Crippen LogP contribution in [0.1, 0.15) is 46.9 Å². The Morgan fingerprint density at radius 3 is 2.28 bits per heavy atom. The number of likely N-dealkylation sites (N-methyl/N-ethyl adjacent to an activating group) is 1. The predicted octanol–water partition coefficient (Wildman–Crippen LogP) is 3.69. The minimum absolute atomic E-state index is 0.0393. The molecule has 0 fully saturated rings. The number of carboxylic acid groups (broad SMARTS) is 1. The third-order valence-corrected chi connectivity index (χ3v) is 4.04. The lowest BCUT2D eigenvalue weighted by molar-refractivity contribution is -0.129. The molecule has 5 heteroatoms. The third kappa shape index (κ3) is 5.21. The fraction of sp³-hybridized carbons (Fsp3) is 0.400. The van der Waals surface area contributed by atoms with Crippen LogP contribution in [0, 0.1) is 12.8 Å². The van der Waals surface area contributed by atoms with Gasteiger partial charge in [0.05, 0.1) is 13.0 Å². The van der Waals surface area contributed by atoms with Gasteiger partial charge in [-0.15, -0.1) is 0 Å².